The molecule has 0 N–H and O–H groups in total. The summed E-state index contributed by atoms with van der Waals surface area (Å²) in [5, 5.41) is 0. The van der Waals surface area contributed by atoms with E-state index >= 15 is 0 Å². The summed E-state index contributed by atoms with van der Waals surface area (Å²) in [6.45, 7) is 5.98. The normalized spacial score (nSPS) is 24.5. The van der Waals surface area contributed by atoms with Crippen molar-refractivity contribution in [3.63, 3.8) is 0 Å². The van der Waals surface area contributed by atoms with E-state index in [4.69, 9.17) is 0 Å². The Balaban J connectivity index is 0.00000162. The molecule has 2 rings (SSSR count). The van der Waals surface area contributed by atoms with Gasteiger partial charge in [0.05, 0.1) is 0 Å². The minimum atomic E-state index is 0. The molecule has 1 aromatic carbocycles. The van der Waals surface area contributed by atoms with Crippen LogP contribution < -0.4 is 0 Å². The number of hydrogen-bond acceptors (Lipinski definition) is 0. The van der Waals surface area contributed by atoms with Crippen LogP contribution in [0, 0.1) is 12.8 Å². The lowest BCUT2D eigenvalue weighted by Gasteiger charge is -2.28. The van der Waals surface area contributed by atoms with Gasteiger partial charge >= 0.3 is 0 Å². The predicted molar refractivity (Wildman–Crippen MR) is 77.4 cm³/mol. The van der Waals surface area contributed by atoms with Crippen LogP contribution >= 0.6 is 0 Å². The smallest absolute Gasteiger partial charge is 0 e. The monoisotopic (exact) mass is 230 g/mol. The van der Waals surface area contributed by atoms with Crippen LogP contribution in [0.15, 0.2) is 36.9 Å². The van der Waals surface area contributed by atoms with E-state index in [1.54, 1.807) is 5.56 Å². The van der Waals surface area contributed by atoms with Gasteiger partial charge in [-0.1, -0.05) is 35.9 Å². The SMILES string of the molecule is C=CCCC1CCC(c2ccc(C)cc2)CC1.[HH]. The molecular weight excluding hydrogens is 204 g/mol. The average molecular weight is 230 g/mol. The van der Waals surface area contributed by atoms with Crippen LogP contribution in [0.5, 0.6) is 0 Å². The second-order valence-corrected chi connectivity index (χ2v) is 5.49. The van der Waals surface area contributed by atoms with Gasteiger partial charge in [-0.25, -0.2) is 0 Å². The molecule has 0 atom stereocenters. The van der Waals surface area contributed by atoms with Crippen molar-refractivity contribution >= 4 is 0 Å². The molecule has 0 unspecified atom stereocenters. The third-order valence-electron chi connectivity index (χ3n) is 4.17. The number of rotatable bonds is 4. The van der Waals surface area contributed by atoms with Gasteiger partial charge in [0, 0.05) is 1.43 Å². The van der Waals surface area contributed by atoms with Crippen LogP contribution in [-0.4, -0.2) is 0 Å². The van der Waals surface area contributed by atoms with E-state index in [1.807, 2.05) is 0 Å². The number of benzene rings is 1. The molecule has 1 aliphatic carbocycles. The summed E-state index contributed by atoms with van der Waals surface area (Å²) in [6, 6.07) is 9.15. The Hall–Kier alpha value is -1.04. The third-order valence-corrected chi connectivity index (χ3v) is 4.17. The van der Waals surface area contributed by atoms with Crippen molar-refractivity contribution in [3.8, 4) is 0 Å². The summed E-state index contributed by atoms with van der Waals surface area (Å²) < 4.78 is 0. The largest absolute Gasteiger partial charge is 0.103 e. The van der Waals surface area contributed by atoms with Crippen LogP contribution in [0.3, 0.4) is 0 Å². The lowest BCUT2D eigenvalue weighted by molar-refractivity contribution is 0.312. The Kier molecular flexibility index (Phi) is 4.42. The van der Waals surface area contributed by atoms with Gasteiger partial charge in [-0.3, -0.25) is 0 Å². The number of hydrogen-bond donors (Lipinski definition) is 0. The molecule has 0 aromatic heterocycles. The van der Waals surface area contributed by atoms with Gasteiger partial charge in [-0.2, -0.15) is 0 Å². The molecule has 0 spiro atoms. The molecule has 94 valence electrons. The summed E-state index contributed by atoms with van der Waals surface area (Å²) in [4.78, 5) is 0. The van der Waals surface area contributed by atoms with Gasteiger partial charge in [0.2, 0.25) is 0 Å². The van der Waals surface area contributed by atoms with Crippen molar-refractivity contribution in [2.45, 2.75) is 51.4 Å². The van der Waals surface area contributed by atoms with Gasteiger partial charge < -0.3 is 0 Å². The second-order valence-electron chi connectivity index (χ2n) is 5.49. The van der Waals surface area contributed by atoms with E-state index in [0.29, 0.717) is 0 Å². The van der Waals surface area contributed by atoms with Gasteiger partial charge in [-0.05, 0) is 62.8 Å². The molecule has 0 aliphatic heterocycles. The fourth-order valence-electron chi connectivity index (χ4n) is 2.98. The number of aryl methyl sites for hydroxylation is 1. The van der Waals surface area contributed by atoms with Gasteiger partial charge in [0.15, 0.2) is 0 Å². The fraction of sp³-hybridized carbons (Fsp3) is 0.529. The van der Waals surface area contributed by atoms with E-state index in [2.05, 4.69) is 43.8 Å². The maximum absolute atomic E-state index is 3.82. The zero-order valence-corrected chi connectivity index (χ0v) is 11.0. The van der Waals surface area contributed by atoms with E-state index in [-0.39, 0.29) is 1.43 Å². The van der Waals surface area contributed by atoms with Crippen molar-refractivity contribution in [2.75, 3.05) is 0 Å². The number of allylic oxidation sites excluding steroid dienone is 1. The highest BCUT2D eigenvalue weighted by Crippen LogP contribution is 2.37. The fourth-order valence-corrected chi connectivity index (χ4v) is 2.98. The Bertz CT molecular complexity index is 344. The second kappa shape index (κ2) is 6.05. The molecule has 0 nitrogen and oxygen atoms in total. The summed E-state index contributed by atoms with van der Waals surface area (Å²) in [5.74, 6) is 1.77. The maximum Gasteiger partial charge on any atom is 0 e. The average Bonchev–Trinajstić information content (AvgIpc) is 2.38. The third kappa shape index (κ3) is 3.46. The van der Waals surface area contributed by atoms with E-state index in [0.717, 1.165) is 11.8 Å². The van der Waals surface area contributed by atoms with Crippen molar-refractivity contribution in [1.29, 1.82) is 0 Å². The van der Waals surface area contributed by atoms with Crippen molar-refractivity contribution in [2.24, 2.45) is 5.92 Å². The molecule has 0 bridgehead atoms. The lowest BCUT2D eigenvalue weighted by atomic mass is 9.77. The Morgan fingerprint density at radius 3 is 2.41 bits per heavy atom. The highest BCUT2D eigenvalue weighted by molar-refractivity contribution is 5.24. The molecule has 1 fully saturated rings. The first-order valence-corrected chi connectivity index (χ1v) is 6.97. The molecule has 0 saturated heterocycles. The molecule has 0 heterocycles. The summed E-state index contributed by atoms with van der Waals surface area (Å²) in [5.41, 5.74) is 2.92. The minimum Gasteiger partial charge on any atom is -0.103 e. The molecule has 17 heavy (non-hydrogen) atoms. The zero-order valence-electron chi connectivity index (χ0n) is 11.0. The molecular formula is C17H26. The Labute approximate surface area is 107 Å². The zero-order chi connectivity index (χ0) is 12.1. The van der Waals surface area contributed by atoms with E-state index < -0.39 is 0 Å². The molecule has 1 saturated carbocycles. The first kappa shape index (κ1) is 12.4. The summed E-state index contributed by atoms with van der Waals surface area (Å²) >= 11 is 0. The molecule has 0 amide bonds. The standard InChI is InChI=1S/C17H24.H2/c1-3-4-5-15-8-12-17(13-9-15)16-10-6-14(2)7-11-16;/h3,6-7,10-11,15,17H,1,4-5,8-9,12-13H2,2H3;1H. The van der Waals surface area contributed by atoms with Crippen molar-refractivity contribution in [1.82, 2.24) is 0 Å². The van der Waals surface area contributed by atoms with Crippen LogP contribution in [0.25, 0.3) is 0 Å². The topological polar surface area (TPSA) is 0 Å². The molecule has 1 aliphatic rings. The van der Waals surface area contributed by atoms with Crippen LogP contribution in [-0.2, 0) is 0 Å². The first-order chi connectivity index (χ1) is 8.29. The molecule has 0 heteroatoms. The highest BCUT2D eigenvalue weighted by atomic mass is 14.3. The highest BCUT2D eigenvalue weighted by Gasteiger charge is 2.21. The Morgan fingerprint density at radius 1 is 1.18 bits per heavy atom. The lowest BCUT2D eigenvalue weighted by Crippen LogP contribution is -2.13. The maximum atomic E-state index is 3.82. The van der Waals surface area contributed by atoms with Crippen molar-refractivity contribution in [3.05, 3.63) is 48.0 Å². The molecule has 0 radical (unpaired) electrons. The van der Waals surface area contributed by atoms with E-state index in [9.17, 15) is 0 Å². The predicted octanol–water partition coefficient (Wildman–Crippen LogP) is 5.48. The quantitative estimate of drug-likeness (QED) is 0.601. The van der Waals surface area contributed by atoms with Gasteiger partial charge in [-0.15, -0.1) is 6.58 Å². The molecule has 1 aromatic rings. The van der Waals surface area contributed by atoms with E-state index in [1.165, 1.54) is 44.1 Å². The summed E-state index contributed by atoms with van der Waals surface area (Å²) in [7, 11) is 0. The minimum absolute atomic E-state index is 0. The van der Waals surface area contributed by atoms with Crippen LogP contribution in [0.2, 0.25) is 0 Å². The Morgan fingerprint density at radius 2 is 1.82 bits per heavy atom. The first-order valence-electron chi connectivity index (χ1n) is 6.97. The van der Waals surface area contributed by atoms with Crippen LogP contribution in [0.4, 0.5) is 0 Å². The van der Waals surface area contributed by atoms with Crippen molar-refractivity contribution < 1.29 is 1.43 Å². The van der Waals surface area contributed by atoms with Gasteiger partial charge in [0.1, 0.15) is 0 Å². The van der Waals surface area contributed by atoms with Gasteiger partial charge in [0.25, 0.3) is 0 Å². The van der Waals surface area contributed by atoms with Crippen LogP contribution in [0.1, 0.15) is 57.0 Å². The summed E-state index contributed by atoms with van der Waals surface area (Å²) in [6.07, 6.45) is 10.2.